The number of hydrogen-bond acceptors (Lipinski definition) is 3. The van der Waals surface area contributed by atoms with Gasteiger partial charge in [-0.25, -0.2) is 0 Å². The maximum absolute atomic E-state index is 12.2. The highest BCUT2D eigenvalue weighted by Crippen LogP contribution is 2.15. The van der Waals surface area contributed by atoms with Crippen molar-refractivity contribution in [2.24, 2.45) is 0 Å². The van der Waals surface area contributed by atoms with Crippen molar-refractivity contribution in [3.05, 3.63) is 66.1 Å². The Morgan fingerprint density at radius 2 is 1.88 bits per heavy atom. The molecule has 130 valence electrons. The Kier molecular flexibility index (Phi) is 4.70. The average molecular weight is 337 g/mol. The summed E-state index contributed by atoms with van der Waals surface area (Å²) in [6.45, 7) is 6.88. The molecule has 0 aliphatic rings. The number of hydrogen-bond donors (Lipinski definition) is 1. The molecular formula is C19H23N5O. The van der Waals surface area contributed by atoms with E-state index in [4.69, 9.17) is 0 Å². The third kappa shape index (κ3) is 4.56. The van der Waals surface area contributed by atoms with Crippen LogP contribution < -0.4 is 5.32 Å². The van der Waals surface area contributed by atoms with Gasteiger partial charge >= 0.3 is 0 Å². The SMILES string of the molecule is CC(C)(C)n1ccc(NC(=O)Cc2cnn(Cc3ccccc3)c2)n1. The van der Waals surface area contributed by atoms with Crippen LogP contribution in [0.5, 0.6) is 0 Å². The Hall–Kier alpha value is -2.89. The van der Waals surface area contributed by atoms with E-state index in [0.29, 0.717) is 12.4 Å². The second-order valence-corrected chi connectivity index (χ2v) is 7.07. The van der Waals surface area contributed by atoms with Crippen LogP contribution in [0.3, 0.4) is 0 Å². The van der Waals surface area contributed by atoms with Crippen molar-refractivity contribution in [1.82, 2.24) is 19.6 Å². The molecule has 0 saturated carbocycles. The monoisotopic (exact) mass is 337 g/mol. The van der Waals surface area contributed by atoms with Gasteiger partial charge in [-0.2, -0.15) is 10.2 Å². The first-order valence-electron chi connectivity index (χ1n) is 8.31. The molecule has 3 aromatic rings. The molecule has 1 amide bonds. The van der Waals surface area contributed by atoms with Crippen LogP contribution in [0.15, 0.2) is 55.0 Å². The summed E-state index contributed by atoms with van der Waals surface area (Å²) in [7, 11) is 0. The summed E-state index contributed by atoms with van der Waals surface area (Å²) in [5.41, 5.74) is 1.94. The van der Waals surface area contributed by atoms with Crippen LogP contribution >= 0.6 is 0 Å². The molecule has 0 radical (unpaired) electrons. The highest BCUT2D eigenvalue weighted by Gasteiger charge is 2.15. The number of carbonyl (C=O) groups is 1. The van der Waals surface area contributed by atoms with Crippen LogP contribution in [-0.2, 0) is 23.3 Å². The van der Waals surface area contributed by atoms with E-state index in [0.717, 1.165) is 5.56 Å². The molecular weight excluding hydrogens is 314 g/mol. The number of carbonyl (C=O) groups excluding carboxylic acids is 1. The molecule has 1 N–H and O–H groups in total. The number of nitrogens with one attached hydrogen (secondary N) is 1. The minimum Gasteiger partial charge on any atom is -0.309 e. The van der Waals surface area contributed by atoms with Crippen LogP contribution in [0.1, 0.15) is 31.9 Å². The van der Waals surface area contributed by atoms with Crippen molar-refractivity contribution in [2.45, 2.75) is 39.3 Å². The van der Waals surface area contributed by atoms with E-state index in [1.54, 1.807) is 6.20 Å². The van der Waals surface area contributed by atoms with Gasteiger partial charge in [-0.3, -0.25) is 14.2 Å². The molecule has 6 nitrogen and oxygen atoms in total. The summed E-state index contributed by atoms with van der Waals surface area (Å²) in [6, 6.07) is 11.9. The minimum atomic E-state index is -0.110. The van der Waals surface area contributed by atoms with Crippen LogP contribution in [-0.4, -0.2) is 25.5 Å². The molecule has 2 heterocycles. The predicted molar refractivity (Wildman–Crippen MR) is 97.3 cm³/mol. The van der Waals surface area contributed by atoms with Crippen molar-refractivity contribution < 1.29 is 4.79 Å². The van der Waals surface area contributed by atoms with Gasteiger partial charge in [0.15, 0.2) is 5.82 Å². The first-order chi connectivity index (χ1) is 11.9. The fraction of sp³-hybridized carbons (Fsp3) is 0.316. The number of nitrogens with zero attached hydrogens (tertiary/aromatic N) is 4. The Morgan fingerprint density at radius 1 is 1.12 bits per heavy atom. The van der Waals surface area contributed by atoms with Crippen LogP contribution in [0.25, 0.3) is 0 Å². The third-order valence-corrected chi connectivity index (χ3v) is 3.78. The van der Waals surface area contributed by atoms with Gasteiger partial charge in [0.25, 0.3) is 0 Å². The van der Waals surface area contributed by atoms with Gasteiger partial charge in [0, 0.05) is 18.5 Å². The van der Waals surface area contributed by atoms with Gasteiger partial charge in [-0.1, -0.05) is 30.3 Å². The lowest BCUT2D eigenvalue weighted by Crippen LogP contribution is -2.23. The summed E-state index contributed by atoms with van der Waals surface area (Å²) in [5, 5.41) is 11.5. The molecule has 2 aromatic heterocycles. The lowest BCUT2D eigenvalue weighted by Gasteiger charge is -2.18. The zero-order chi connectivity index (χ0) is 17.9. The Balaban J connectivity index is 1.57. The van der Waals surface area contributed by atoms with Gasteiger partial charge in [0.2, 0.25) is 5.91 Å². The summed E-state index contributed by atoms with van der Waals surface area (Å²) in [6.07, 6.45) is 5.78. The van der Waals surface area contributed by atoms with E-state index < -0.39 is 0 Å². The van der Waals surface area contributed by atoms with Crippen LogP contribution in [0.2, 0.25) is 0 Å². The molecule has 0 aliphatic heterocycles. The number of benzene rings is 1. The van der Waals surface area contributed by atoms with Gasteiger partial charge in [-0.05, 0) is 31.9 Å². The highest BCUT2D eigenvalue weighted by atomic mass is 16.1. The number of rotatable bonds is 5. The summed E-state index contributed by atoms with van der Waals surface area (Å²) in [4.78, 5) is 12.2. The van der Waals surface area contributed by atoms with Crippen LogP contribution in [0, 0.1) is 0 Å². The molecule has 0 fully saturated rings. The number of aromatic nitrogens is 4. The smallest absolute Gasteiger partial charge is 0.230 e. The predicted octanol–water partition coefficient (Wildman–Crippen LogP) is 3.06. The van der Waals surface area contributed by atoms with E-state index in [-0.39, 0.29) is 17.9 Å². The lowest BCUT2D eigenvalue weighted by atomic mass is 10.1. The van der Waals surface area contributed by atoms with Crippen molar-refractivity contribution in [2.75, 3.05) is 5.32 Å². The summed E-state index contributed by atoms with van der Waals surface area (Å²) in [5.74, 6) is 0.468. The quantitative estimate of drug-likeness (QED) is 0.778. The fourth-order valence-electron chi connectivity index (χ4n) is 2.49. The average Bonchev–Trinajstić information content (AvgIpc) is 3.17. The largest absolute Gasteiger partial charge is 0.309 e. The molecule has 0 saturated heterocycles. The van der Waals surface area contributed by atoms with Crippen molar-refractivity contribution in [3.8, 4) is 0 Å². The first kappa shape index (κ1) is 17.0. The zero-order valence-corrected chi connectivity index (χ0v) is 14.8. The summed E-state index contributed by atoms with van der Waals surface area (Å²) >= 11 is 0. The Bertz CT molecular complexity index is 842. The molecule has 0 bridgehead atoms. The highest BCUT2D eigenvalue weighted by molar-refractivity contribution is 5.91. The normalized spacial score (nSPS) is 11.5. The van der Waals surface area contributed by atoms with Crippen molar-refractivity contribution >= 4 is 11.7 Å². The minimum absolute atomic E-state index is 0.0987. The van der Waals surface area contributed by atoms with Crippen molar-refractivity contribution in [3.63, 3.8) is 0 Å². The van der Waals surface area contributed by atoms with Gasteiger partial charge in [-0.15, -0.1) is 0 Å². The molecule has 25 heavy (non-hydrogen) atoms. The van der Waals surface area contributed by atoms with Crippen molar-refractivity contribution in [1.29, 1.82) is 0 Å². The van der Waals surface area contributed by atoms with E-state index in [1.165, 1.54) is 5.56 Å². The van der Waals surface area contributed by atoms with E-state index >= 15 is 0 Å². The molecule has 0 aliphatic carbocycles. The Morgan fingerprint density at radius 3 is 2.56 bits per heavy atom. The maximum Gasteiger partial charge on any atom is 0.230 e. The number of anilines is 1. The molecule has 0 spiro atoms. The fourth-order valence-corrected chi connectivity index (χ4v) is 2.49. The summed E-state index contributed by atoms with van der Waals surface area (Å²) < 4.78 is 3.67. The molecule has 3 rings (SSSR count). The molecule has 0 atom stereocenters. The standard InChI is InChI=1S/C19H23N5O/c1-19(2,3)24-10-9-17(22-24)21-18(25)11-16-12-20-23(14-16)13-15-7-5-4-6-8-15/h4-10,12,14H,11,13H2,1-3H3,(H,21,22,25). The van der Waals surface area contributed by atoms with E-state index in [9.17, 15) is 4.79 Å². The lowest BCUT2D eigenvalue weighted by molar-refractivity contribution is -0.115. The topological polar surface area (TPSA) is 64.7 Å². The second kappa shape index (κ2) is 6.93. The van der Waals surface area contributed by atoms with Crippen LogP contribution in [0.4, 0.5) is 5.82 Å². The second-order valence-electron chi connectivity index (χ2n) is 7.07. The Labute approximate surface area is 147 Å². The first-order valence-corrected chi connectivity index (χ1v) is 8.31. The zero-order valence-electron chi connectivity index (χ0n) is 14.8. The van der Waals surface area contributed by atoms with Gasteiger partial charge < -0.3 is 5.32 Å². The number of amides is 1. The molecule has 6 heteroatoms. The van der Waals surface area contributed by atoms with E-state index in [1.807, 2.05) is 46.0 Å². The van der Waals surface area contributed by atoms with E-state index in [2.05, 4.69) is 48.4 Å². The van der Waals surface area contributed by atoms with Gasteiger partial charge in [0.1, 0.15) is 0 Å². The third-order valence-electron chi connectivity index (χ3n) is 3.78. The molecule has 1 aromatic carbocycles. The van der Waals surface area contributed by atoms with Gasteiger partial charge in [0.05, 0.1) is 24.7 Å². The molecule has 0 unspecified atom stereocenters. The maximum atomic E-state index is 12.2.